The lowest BCUT2D eigenvalue weighted by Crippen LogP contribution is -2.30. The number of aryl methyl sites for hydroxylation is 1. The third-order valence-electron chi connectivity index (χ3n) is 3.45. The number of aromatic nitrogens is 1. The molecule has 0 saturated heterocycles. The minimum atomic E-state index is 0.934. The van der Waals surface area contributed by atoms with Gasteiger partial charge in [0.05, 0.1) is 6.20 Å². The van der Waals surface area contributed by atoms with Gasteiger partial charge in [-0.3, -0.25) is 4.90 Å². The van der Waals surface area contributed by atoms with Crippen LogP contribution in [-0.2, 0) is 19.5 Å². The van der Waals surface area contributed by atoms with E-state index in [9.17, 15) is 0 Å². The van der Waals surface area contributed by atoms with E-state index in [1.165, 1.54) is 16.7 Å². The summed E-state index contributed by atoms with van der Waals surface area (Å²) in [6.45, 7) is 5.05. The fourth-order valence-corrected chi connectivity index (χ4v) is 2.40. The van der Waals surface area contributed by atoms with E-state index in [2.05, 4.69) is 34.3 Å². The summed E-state index contributed by atoms with van der Waals surface area (Å²) in [6.07, 6.45) is 2.97. The first-order chi connectivity index (χ1) is 8.33. The zero-order valence-electron chi connectivity index (χ0n) is 10.0. The zero-order valence-corrected chi connectivity index (χ0v) is 10.0. The van der Waals surface area contributed by atoms with E-state index in [1.807, 2.05) is 13.1 Å². The molecule has 17 heavy (non-hydrogen) atoms. The van der Waals surface area contributed by atoms with Gasteiger partial charge in [-0.15, -0.1) is 0 Å². The molecule has 0 unspecified atom stereocenters. The Morgan fingerprint density at radius 2 is 2.12 bits per heavy atom. The van der Waals surface area contributed by atoms with Crippen LogP contribution in [0, 0.1) is 6.92 Å². The van der Waals surface area contributed by atoms with Crippen LogP contribution >= 0.6 is 0 Å². The Morgan fingerprint density at radius 3 is 2.88 bits per heavy atom. The third kappa shape index (κ3) is 2.11. The Morgan fingerprint density at radius 1 is 1.29 bits per heavy atom. The second-order valence-electron chi connectivity index (χ2n) is 4.64. The number of hydrogen-bond donors (Lipinski definition) is 0. The van der Waals surface area contributed by atoms with E-state index >= 15 is 0 Å². The van der Waals surface area contributed by atoms with Gasteiger partial charge in [-0.1, -0.05) is 29.4 Å². The molecule has 0 saturated carbocycles. The maximum Gasteiger partial charge on any atom is 0.138 e. The Kier molecular flexibility index (Phi) is 2.69. The van der Waals surface area contributed by atoms with Crippen LogP contribution in [0.2, 0.25) is 0 Å². The molecule has 0 bridgehead atoms. The van der Waals surface area contributed by atoms with Crippen LogP contribution in [0.4, 0.5) is 0 Å². The molecule has 3 heteroatoms. The minimum absolute atomic E-state index is 0.934. The molecule has 3 rings (SSSR count). The Bertz CT molecular complexity index is 518. The average Bonchev–Trinajstić information content (AvgIpc) is 2.75. The molecule has 2 heterocycles. The monoisotopic (exact) mass is 228 g/mol. The van der Waals surface area contributed by atoms with Crippen LogP contribution in [0.1, 0.15) is 22.5 Å². The molecule has 0 amide bonds. The molecular formula is C14H16N2O. The number of nitrogens with zero attached hydrogens (tertiary/aromatic N) is 2. The van der Waals surface area contributed by atoms with Crippen molar-refractivity contribution in [2.45, 2.75) is 26.4 Å². The van der Waals surface area contributed by atoms with Gasteiger partial charge in [-0.2, -0.15) is 0 Å². The molecule has 88 valence electrons. The van der Waals surface area contributed by atoms with Crippen molar-refractivity contribution < 1.29 is 4.52 Å². The Balaban J connectivity index is 1.74. The van der Waals surface area contributed by atoms with E-state index < -0.39 is 0 Å². The van der Waals surface area contributed by atoms with Gasteiger partial charge in [0, 0.05) is 25.2 Å². The normalized spacial score (nSPS) is 15.8. The van der Waals surface area contributed by atoms with Crippen molar-refractivity contribution in [2.75, 3.05) is 6.54 Å². The van der Waals surface area contributed by atoms with Crippen molar-refractivity contribution in [1.82, 2.24) is 10.1 Å². The lowest BCUT2D eigenvalue weighted by atomic mass is 9.99. The highest BCUT2D eigenvalue weighted by Crippen LogP contribution is 2.20. The fourth-order valence-electron chi connectivity index (χ4n) is 2.40. The van der Waals surface area contributed by atoms with Gasteiger partial charge >= 0.3 is 0 Å². The summed E-state index contributed by atoms with van der Waals surface area (Å²) in [5, 5.41) is 3.83. The molecule has 1 aliphatic rings. The van der Waals surface area contributed by atoms with E-state index in [4.69, 9.17) is 4.52 Å². The summed E-state index contributed by atoms with van der Waals surface area (Å²) < 4.78 is 5.10. The highest BCUT2D eigenvalue weighted by Gasteiger charge is 2.17. The summed E-state index contributed by atoms with van der Waals surface area (Å²) in [5.41, 5.74) is 4.14. The quantitative estimate of drug-likeness (QED) is 0.791. The molecule has 0 spiro atoms. The lowest BCUT2D eigenvalue weighted by molar-refractivity contribution is 0.244. The van der Waals surface area contributed by atoms with Gasteiger partial charge in [0.1, 0.15) is 5.76 Å². The third-order valence-corrected chi connectivity index (χ3v) is 3.45. The van der Waals surface area contributed by atoms with Crippen LogP contribution in [0.3, 0.4) is 0 Å². The molecule has 0 N–H and O–H groups in total. The minimum Gasteiger partial charge on any atom is -0.361 e. The van der Waals surface area contributed by atoms with Crippen LogP contribution in [0.25, 0.3) is 0 Å². The van der Waals surface area contributed by atoms with Crippen LogP contribution in [-0.4, -0.2) is 16.6 Å². The number of benzene rings is 1. The van der Waals surface area contributed by atoms with Gasteiger partial charge in [-0.05, 0) is 24.5 Å². The fraction of sp³-hybridized carbons (Fsp3) is 0.357. The van der Waals surface area contributed by atoms with Crippen molar-refractivity contribution in [1.29, 1.82) is 0 Å². The maximum atomic E-state index is 5.10. The van der Waals surface area contributed by atoms with Gasteiger partial charge in [0.15, 0.2) is 0 Å². The van der Waals surface area contributed by atoms with Gasteiger partial charge in [0.25, 0.3) is 0 Å². The van der Waals surface area contributed by atoms with Gasteiger partial charge in [-0.25, -0.2) is 0 Å². The molecule has 0 fully saturated rings. The number of rotatable bonds is 2. The van der Waals surface area contributed by atoms with E-state index in [1.54, 1.807) is 0 Å². The summed E-state index contributed by atoms with van der Waals surface area (Å²) in [4.78, 5) is 2.45. The van der Waals surface area contributed by atoms with E-state index in [-0.39, 0.29) is 0 Å². The highest BCUT2D eigenvalue weighted by molar-refractivity contribution is 5.29. The second-order valence-corrected chi connectivity index (χ2v) is 4.64. The molecule has 1 aromatic heterocycles. The molecule has 1 aliphatic heterocycles. The smallest absolute Gasteiger partial charge is 0.138 e. The standard InChI is InChI=1S/C14H16N2O/c1-11-14(8-15-17-11)10-16-7-6-12-4-2-3-5-13(12)9-16/h2-5,8H,6-7,9-10H2,1H3. The summed E-state index contributed by atoms with van der Waals surface area (Å²) >= 11 is 0. The van der Waals surface area contributed by atoms with Crippen molar-refractivity contribution in [3.8, 4) is 0 Å². The Labute approximate surface area is 101 Å². The highest BCUT2D eigenvalue weighted by atomic mass is 16.5. The lowest BCUT2D eigenvalue weighted by Gasteiger charge is -2.28. The van der Waals surface area contributed by atoms with Crippen LogP contribution in [0.5, 0.6) is 0 Å². The van der Waals surface area contributed by atoms with E-state index in [0.29, 0.717) is 0 Å². The van der Waals surface area contributed by atoms with Crippen molar-refractivity contribution in [3.63, 3.8) is 0 Å². The molecule has 0 aliphatic carbocycles. The average molecular weight is 228 g/mol. The topological polar surface area (TPSA) is 29.3 Å². The van der Waals surface area contributed by atoms with Gasteiger partial charge in [0.2, 0.25) is 0 Å². The SMILES string of the molecule is Cc1oncc1CN1CCc2ccccc2C1. The zero-order chi connectivity index (χ0) is 11.7. The van der Waals surface area contributed by atoms with Crippen LogP contribution < -0.4 is 0 Å². The molecule has 0 radical (unpaired) electrons. The first-order valence-electron chi connectivity index (χ1n) is 6.02. The summed E-state index contributed by atoms with van der Waals surface area (Å²) in [6, 6.07) is 8.70. The molecule has 3 nitrogen and oxygen atoms in total. The van der Waals surface area contributed by atoms with E-state index in [0.717, 1.165) is 31.8 Å². The van der Waals surface area contributed by atoms with Crippen molar-refractivity contribution >= 4 is 0 Å². The predicted molar refractivity (Wildman–Crippen MR) is 65.5 cm³/mol. The first kappa shape index (κ1) is 10.5. The predicted octanol–water partition coefficient (Wildman–Crippen LogP) is 2.54. The molecule has 2 aromatic rings. The summed E-state index contributed by atoms with van der Waals surface area (Å²) in [7, 11) is 0. The largest absolute Gasteiger partial charge is 0.361 e. The second kappa shape index (κ2) is 4.34. The van der Waals surface area contributed by atoms with Crippen molar-refractivity contribution in [3.05, 3.63) is 52.9 Å². The molecule has 0 atom stereocenters. The summed E-state index contributed by atoms with van der Waals surface area (Å²) in [5.74, 6) is 0.934. The number of fused-ring (bicyclic) bond motifs is 1. The Hall–Kier alpha value is -1.61. The first-order valence-corrected chi connectivity index (χ1v) is 6.02. The number of hydrogen-bond acceptors (Lipinski definition) is 3. The molecule has 1 aromatic carbocycles. The maximum absolute atomic E-state index is 5.10. The van der Waals surface area contributed by atoms with Gasteiger partial charge < -0.3 is 4.52 Å². The molecular weight excluding hydrogens is 212 g/mol. The van der Waals surface area contributed by atoms with Crippen molar-refractivity contribution in [2.24, 2.45) is 0 Å². The van der Waals surface area contributed by atoms with Crippen LogP contribution in [0.15, 0.2) is 35.0 Å².